The second-order valence-electron chi connectivity index (χ2n) is 3.05. The average molecular weight is 221 g/mol. The Hall–Kier alpha value is -0.710. The molecule has 0 saturated heterocycles. The summed E-state index contributed by atoms with van der Waals surface area (Å²) in [7, 11) is 0. The predicted octanol–water partition coefficient (Wildman–Crippen LogP) is 2.33. The lowest BCUT2D eigenvalue weighted by Gasteiger charge is -2.20. The summed E-state index contributed by atoms with van der Waals surface area (Å²) in [5.41, 5.74) is 3.34. The maximum atomic E-state index is 12.8. The van der Waals surface area contributed by atoms with Crippen LogP contribution in [0.2, 0.25) is 0 Å². The first kappa shape index (κ1) is 11.4. The van der Waals surface area contributed by atoms with Crippen molar-refractivity contribution in [3.63, 3.8) is 0 Å². The van der Waals surface area contributed by atoms with Gasteiger partial charge in [0.1, 0.15) is 6.04 Å². The van der Waals surface area contributed by atoms with E-state index in [1.165, 1.54) is 0 Å². The molecular formula is C9H11ClF2N2. The molecule has 0 aromatic heterocycles. The van der Waals surface area contributed by atoms with Gasteiger partial charge in [0.25, 0.3) is 0 Å². The second-order valence-corrected chi connectivity index (χ2v) is 3.56. The van der Waals surface area contributed by atoms with Gasteiger partial charge in [0, 0.05) is 0 Å². The average Bonchev–Trinajstić information content (AvgIpc) is 2.07. The monoisotopic (exact) mass is 220 g/mol. The highest BCUT2D eigenvalue weighted by molar-refractivity contribution is 6.22. The van der Waals surface area contributed by atoms with Gasteiger partial charge < -0.3 is 0 Å². The number of hydrazine groups is 1. The van der Waals surface area contributed by atoms with Gasteiger partial charge in [-0.25, -0.2) is 5.43 Å². The number of halogens is 3. The quantitative estimate of drug-likeness (QED) is 0.466. The van der Waals surface area contributed by atoms with Crippen LogP contribution in [0.3, 0.4) is 0 Å². The second kappa shape index (κ2) is 4.21. The van der Waals surface area contributed by atoms with Crippen LogP contribution in [0.25, 0.3) is 0 Å². The highest BCUT2D eigenvalue weighted by Gasteiger charge is 2.37. The molecule has 0 aliphatic heterocycles. The summed E-state index contributed by atoms with van der Waals surface area (Å²) in [6.07, 6.45) is 0. The van der Waals surface area contributed by atoms with Crippen molar-refractivity contribution in [2.24, 2.45) is 5.84 Å². The molecule has 1 rings (SSSR count). The first-order valence-electron chi connectivity index (χ1n) is 4.04. The summed E-state index contributed by atoms with van der Waals surface area (Å²) in [5.74, 6) is 5.01. The van der Waals surface area contributed by atoms with E-state index in [9.17, 15) is 8.78 Å². The fourth-order valence-electron chi connectivity index (χ4n) is 1.14. The van der Waals surface area contributed by atoms with E-state index in [1.807, 2.05) is 12.3 Å². The van der Waals surface area contributed by atoms with Crippen LogP contribution in [0, 0.1) is 6.92 Å². The Labute approximate surface area is 86.0 Å². The lowest BCUT2D eigenvalue weighted by molar-refractivity contribution is 0.0497. The molecule has 0 aliphatic carbocycles. The highest BCUT2D eigenvalue weighted by atomic mass is 35.5. The molecule has 0 spiro atoms. The molecule has 0 fully saturated rings. The van der Waals surface area contributed by atoms with Crippen LogP contribution in [0.15, 0.2) is 24.3 Å². The Balaban J connectivity index is 2.96. The molecule has 0 heterocycles. The molecule has 5 heteroatoms. The molecule has 0 radical (unpaired) electrons. The van der Waals surface area contributed by atoms with Gasteiger partial charge in [-0.1, -0.05) is 29.8 Å². The van der Waals surface area contributed by atoms with Crippen molar-refractivity contribution in [2.45, 2.75) is 18.3 Å². The van der Waals surface area contributed by atoms with Crippen molar-refractivity contribution in [1.82, 2.24) is 5.43 Å². The zero-order valence-corrected chi connectivity index (χ0v) is 8.35. The highest BCUT2D eigenvalue weighted by Crippen LogP contribution is 2.34. The Kier molecular flexibility index (Phi) is 3.42. The van der Waals surface area contributed by atoms with Crippen LogP contribution in [0.1, 0.15) is 17.2 Å². The minimum atomic E-state index is -3.40. The minimum Gasteiger partial charge on any atom is -0.271 e. The van der Waals surface area contributed by atoms with E-state index < -0.39 is 11.4 Å². The molecule has 0 saturated carbocycles. The van der Waals surface area contributed by atoms with E-state index in [1.54, 1.807) is 24.3 Å². The molecule has 1 aromatic rings. The van der Waals surface area contributed by atoms with E-state index in [-0.39, 0.29) is 0 Å². The fraction of sp³-hybridized carbons (Fsp3) is 0.333. The molecule has 1 aromatic carbocycles. The van der Waals surface area contributed by atoms with Crippen LogP contribution in [-0.2, 0) is 0 Å². The molecule has 78 valence electrons. The Morgan fingerprint density at radius 2 is 1.86 bits per heavy atom. The van der Waals surface area contributed by atoms with Gasteiger partial charge in [-0.15, -0.1) is 0 Å². The Bertz CT molecular complexity index is 295. The maximum Gasteiger partial charge on any atom is 0.342 e. The lowest BCUT2D eigenvalue weighted by atomic mass is 10.1. The number of benzene rings is 1. The lowest BCUT2D eigenvalue weighted by Crippen LogP contribution is -2.37. The molecule has 0 aliphatic rings. The summed E-state index contributed by atoms with van der Waals surface area (Å²) in [4.78, 5) is 0. The van der Waals surface area contributed by atoms with Gasteiger partial charge in [0.2, 0.25) is 0 Å². The van der Waals surface area contributed by atoms with E-state index in [0.717, 1.165) is 5.56 Å². The van der Waals surface area contributed by atoms with Crippen molar-refractivity contribution < 1.29 is 8.78 Å². The molecular weight excluding hydrogens is 210 g/mol. The predicted molar refractivity (Wildman–Crippen MR) is 52.0 cm³/mol. The number of aryl methyl sites for hydroxylation is 1. The number of nitrogens with two attached hydrogens (primary N) is 1. The topological polar surface area (TPSA) is 38.0 Å². The number of alkyl halides is 3. The first-order chi connectivity index (χ1) is 6.45. The zero-order valence-electron chi connectivity index (χ0n) is 7.60. The van der Waals surface area contributed by atoms with Crippen molar-refractivity contribution in [2.75, 3.05) is 0 Å². The number of rotatable bonds is 3. The van der Waals surface area contributed by atoms with Gasteiger partial charge in [-0.3, -0.25) is 5.84 Å². The Morgan fingerprint density at radius 1 is 1.36 bits per heavy atom. The molecule has 14 heavy (non-hydrogen) atoms. The van der Waals surface area contributed by atoms with Gasteiger partial charge in [-0.05, 0) is 24.1 Å². The van der Waals surface area contributed by atoms with Gasteiger partial charge in [0.05, 0.1) is 0 Å². The van der Waals surface area contributed by atoms with E-state index in [2.05, 4.69) is 0 Å². The summed E-state index contributed by atoms with van der Waals surface area (Å²) in [6, 6.07) is 5.21. The maximum absolute atomic E-state index is 12.8. The largest absolute Gasteiger partial charge is 0.342 e. The molecule has 0 bridgehead atoms. The molecule has 3 N–H and O–H groups in total. The molecule has 1 unspecified atom stereocenters. The van der Waals surface area contributed by atoms with Crippen LogP contribution in [0.4, 0.5) is 8.78 Å². The first-order valence-corrected chi connectivity index (χ1v) is 4.42. The third kappa shape index (κ3) is 2.64. The zero-order chi connectivity index (χ0) is 10.8. The van der Waals surface area contributed by atoms with Crippen molar-refractivity contribution >= 4 is 11.6 Å². The molecule has 1 atom stereocenters. The minimum absolute atomic E-state index is 0.359. The molecule has 0 amide bonds. The van der Waals surface area contributed by atoms with E-state index >= 15 is 0 Å². The van der Waals surface area contributed by atoms with Crippen LogP contribution >= 0.6 is 11.6 Å². The van der Waals surface area contributed by atoms with Gasteiger partial charge in [-0.2, -0.15) is 8.78 Å². The van der Waals surface area contributed by atoms with Crippen LogP contribution in [0.5, 0.6) is 0 Å². The summed E-state index contributed by atoms with van der Waals surface area (Å²) in [5, 5.41) is -3.40. The smallest absolute Gasteiger partial charge is 0.271 e. The van der Waals surface area contributed by atoms with Gasteiger partial charge >= 0.3 is 5.38 Å². The summed E-state index contributed by atoms with van der Waals surface area (Å²) in [6.45, 7) is 1.87. The van der Waals surface area contributed by atoms with E-state index in [0.29, 0.717) is 5.56 Å². The Morgan fingerprint density at radius 3 is 2.21 bits per heavy atom. The third-order valence-electron chi connectivity index (χ3n) is 1.90. The third-order valence-corrected chi connectivity index (χ3v) is 2.12. The van der Waals surface area contributed by atoms with E-state index in [4.69, 9.17) is 17.4 Å². The van der Waals surface area contributed by atoms with Crippen molar-refractivity contribution in [1.29, 1.82) is 0 Å². The standard InChI is InChI=1S/C9H11ClF2N2/c1-6-2-4-7(5-3-6)8(14-13)9(10,11)12/h2-5,8,14H,13H2,1H3. The van der Waals surface area contributed by atoms with Crippen LogP contribution < -0.4 is 11.3 Å². The van der Waals surface area contributed by atoms with Crippen molar-refractivity contribution in [3.05, 3.63) is 35.4 Å². The SMILES string of the molecule is Cc1ccc(C(NN)C(F)(F)Cl)cc1. The summed E-state index contributed by atoms with van der Waals surface area (Å²) < 4.78 is 25.6. The fourth-order valence-corrected chi connectivity index (χ4v) is 1.33. The number of nitrogens with one attached hydrogen (secondary N) is 1. The van der Waals surface area contributed by atoms with Crippen molar-refractivity contribution in [3.8, 4) is 0 Å². The normalized spacial score (nSPS) is 14.1. The van der Waals surface area contributed by atoms with Crippen LogP contribution in [-0.4, -0.2) is 5.38 Å². The molecule has 2 nitrogen and oxygen atoms in total. The van der Waals surface area contributed by atoms with Gasteiger partial charge in [0.15, 0.2) is 0 Å². The number of hydrogen-bond acceptors (Lipinski definition) is 2. The number of hydrogen-bond donors (Lipinski definition) is 2. The summed E-state index contributed by atoms with van der Waals surface area (Å²) >= 11 is 4.90.